The van der Waals surface area contributed by atoms with Crippen molar-refractivity contribution >= 4 is 40.2 Å². The van der Waals surface area contributed by atoms with E-state index in [4.69, 9.17) is 0 Å². The van der Waals surface area contributed by atoms with Crippen LogP contribution in [0.5, 0.6) is 0 Å². The maximum absolute atomic E-state index is 12.6. The summed E-state index contributed by atoms with van der Waals surface area (Å²) in [6, 6.07) is 20.1. The zero-order chi connectivity index (χ0) is 24.9. The number of rotatable bonds is 8. The Morgan fingerprint density at radius 3 is 2.40 bits per heavy atom. The first-order chi connectivity index (χ1) is 16.8. The largest absolute Gasteiger partial charge is 0.350 e. The summed E-state index contributed by atoms with van der Waals surface area (Å²) >= 11 is 1.53. The Labute approximate surface area is 210 Å². The molecule has 1 heterocycles. The number of hydrogen-bond donors (Lipinski definition) is 2. The minimum Gasteiger partial charge on any atom is -0.350 e. The Kier molecular flexibility index (Phi) is 7.61. The normalized spacial score (nSPS) is 11.0. The molecule has 4 aromatic rings. The van der Waals surface area contributed by atoms with Crippen LogP contribution in [0.3, 0.4) is 0 Å². The topological polar surface area (TPSA) is 63.1 Å². The standard InChI is InChI=1S/C29H31N3O2S/c1-19-9-10-22(4)25(16-19)31-28(33)18-35-27-17-32(26-8-6-5-7-24(26)27)12-11-30-29(34)23-14-20(2)13-21(3)15-23/h5-10,13-17H,11-12,18H2,1-4H3,(H,30,34)(H,31,33). The average Bonchev–Trinajstić information content (AvgIpc) is 3.17. The van der Waals surface area contributed by atoms with Crippen LogP contribution in [-0.4, -0.2) is 28.7 Å². The van der Waals surface area contributed by atoms with Crippen LogP contribution in [0.15, 0.2) is 71.8 Å². The summed E-state index contributed by atoms with van der Waals surface area (Å²) in [5.41, 5.74) is 6.96. The van der Waals surface area contributed by atoms with Crippen molar-refractivity contribution in [2.24, 2.45) is 0 Å². The van der Waals surface area contributed by atoms with Crippen LogP contribution >= 0.6 is 11.8 Å². The molecule has 0 fully saturated rings. The van der Waals surface area contributed by atoms with Crippen molar-refractivity contribution in [2.75, 3.05) is 17.6 Å². The van der Waals surface area contributed by atoms with Gasteiger partial charge in [-0.3, -0.25) is 9.59 Å². The van der Waals surface area contributed by atoms with E-state index in [-0.39, 0.29) is 11.8 Å². The second-order valence-corrected chi connectivity index (χ2v) is 10.0. The molecular formula is C29H31N3O2S. The molecule has 180 valence electrons. The fourth-order valence-electron chi connectivity index (χ4n) is 4.21. The summed E-state index contributed by atoms with van der Waals surface area (Å²) in [5.74, 6) is 0.234. The number of thioether (sulfide) groups is 1. The van der Waals surface area contributed by atoms with Gasteiger partial charge in [0.2, 0.25) is 5.91 Å². The molecule has 2 N–H and O–H groups in total. The number of aryl methyl sites for hydroxylation is 4. The molecule has 6 heteroatoms. The number of fused-ring (bicyclic) bond motifs is 1. The summed E-state index contributed by atoms with van der Waals surface area (Å²) in [6.45, 7) is 9.17. The molecular weight excluding hydrogens is 454 g/mol. The van der Waals surface area contributed by atoms with Gasteiger partial charge < -0.3 is 15.2 Å². The predicted molar refractivity (Wildman–Crippen MR) is 145 cm³/mol. The van der Waals surface area contributed by atoms with E-state index in [1.807, 2.05) is 70.2 Å². The monoisotopic (exact) mass is 485 g/mol. The highest BCUT2D eigenvalue weighted by Gasteiger charge is 2.12. The van der Waals surface area contributed by atoms with Crippen LogP contribution < -0.4 is 10.6 Å². The number of para-hydroxylation sites is 1. The summed E-state index contributed by atoms with van der Waals surface area (Å²) in [6.07, 6.45) is 2.07. The fraction of sp³-hybridized carbons (Fsp3) is 0.241. The van der Waals surface area contributed by atoms with Crippen molar-refractivity contribution in [1.29, 1.82) is 0 Å². The van der Waals surface area contributed by atoms with Gasteiger partial charge in [0.15, 0.2) is 0 Å². The third-order valence-corrected chi connectivity index (χ3v) is 6.94. The number of aromatic nitrogens is 1. The van der Waals surface area contributed by atoms with Gasteiger partial charge in [-0.15, -0.1) is 11.8 Å². The van der Waals surface area contributed by atoms with Crippen LogP contribution in [0.4, 0.5) is 5.69 Å². The number of hydrogen-bond acceptors (Lipinski definition) is 3. The Morgan fingerprint density at radius 2 is 1.63 bits per heavy atom. The van der Waals surface area contributed by atoms with E-state index in [1.54, 1.807) is 0 Å². The molecule has 3 aromatic carbocycles. The molecule has 0 saturated carbocycles. The number of amides is 2. The predicted octanol–water partition coefficient (Wildman–Crippen LogP) is 6.04. The Bertz CT molecular complexity index is 1370. The average molecular weight is 486 g/mol. The smallest absolute Gasteiger partial charge is 0.251 e. The lowest BCUT2D eigenvalue weighted by Crippen LogP contribution is -2.27. The van der Waals surface area contributed by atoms with E-state index in [1.165, 1.54) is 11.8 Å². The Morgan fingerprint density at radius 1 is 0.886 bits per heavy atom. The van der Waals surface area contributed by atoms with Gasteiger partial charge in [-0.05, 0) is 63.1 Å². The van der Waals surface area contributed by atoms with Crippen LogP contribution in [0.25, 0.3) is 10.9 Å². The molecule has 35 heavy (non-hydrogen) atoms. The van der Waals surface area contributed by atoms with Crippen molar-refractivity contribution in [2.45, 2.75) is 39.1 Å². The van der Waals surface area contributed by atoms with Gasteiger partial charge in [0.25, 0.3) is 5.91 Å². The lowest BCUT2D eigenvalue weighted by molar-refractivity contribution is -0.113. The quantitative estimate of drug-likeness (QED) is 0.299. The number of benzene rings is 3. The molecule has 0 atom stereocenters. The molecule has 1 aromatic heterocycles. The van der Waals surface area contributed by atoms with Crippen molar-refractivity contribution < 1.29 is 9.59 Å². The first kappa shape index (κ1) is 24.6. The van der Waals surface area contributed by atoms with E-state index in [0.717, 1.165) is 43.7 Å². The number of nitrogens with zero attached hydrogens (tertiary/aromatic N) is 1. The Balaban J connectivity index is 1.40. The SMILES string of the molecule is Cc1cc(C)cc(C(=O)NCCn2cc(SCC(=O)Nc3cc(C)ccc3C)c3ccccc32)c1. The molecule has 4 rings (SSSR count). The van der Waals surface area contributed by atoms with E-state index < -0.39 is 0 Å². The molecule has 2 amide bonds. The highest BCUT2D eigenvalue weighted by Crippen LogP contribution is 2.30. The van der Waals surface area contributed by atoms with Gasteiger partial charge >= 0.3 is 0 Å². The minimum absolute atomic E-state index is 0.0266. The van der Waals surface area contributed by atoms with Crippen molar-refractivity contribution in [3.63, 3.8) is 0 Å². The molecule has 0 spiro atoms. The lowest BCUT2D eigenvalue weighted by Gasteiger charge is -2.09. The third kappa shape index (κ3) is 6.14. The highest BCUT2D eigenvalue weighted by molar-refractivity contribution is 8.00. The van der Waals surface area contributed by atoms with Gasteiger partial charge in [0.1, 0.15) is 0 Å². The summed E-state index contributed by atoms with van der Waals surface area (Å²) < 4.78 is 2.14. The third-order valence-electron chi connectivity index (χ3n) is 5.90. The first-order valence-electron chi connectivity index (χ1n) is 11.7. The summed E-state index contributed by atoms with van der Waals surface area (Å²) in [5, 5.41) is 7.17. The van der Waals surface area contributed by atoms with Crippen molar-refractivity contribution in [3.05, 3.63) is 94.7 Å². The molecule has 5 nitrogen and oxygen atoms in total. The second kappa shape index (κ2) is 10.8. The molecule has 0 bridgehead atoms. The van der Waals surface area contributed by atoms with E-state index in [9.17, 15) is 9.59 Å². The first-order valence-corrected chi connectivity index (χ1v) is 12.7. The van der Waals surface area contributed by atoms with Crippen molar-refractivity contribution in [3.8, 4) is 0 Å². The van der Waals surface area contributed by atoms with Crippen LogP contribution in [0.2, 0.25) is 0 Å². The highest BCUT2D eigenvalue weighted by atomic mass is 32.2. The van der Waals surface area contributed by atoms with Crippen LogP contribution in [0.1, 0.15) is 32.6 Å². The number of nitrogens with one attached hydrogen (secondary N) is 2. The lowest BCUT2D eigenvalue weighted by atomic mass is 10.1. The molecule has 0 saturated heterocycles. The number of anilines is 1. The zero-order valence-corrected chi connectivity index (χ0v) is 21.5. The number of carbonyl (C=O) groups is 2. The molecule has 0 aliphatic heterocycles. The van der Waals surface area contributed by atoms with E-state index >= 15 is 0 Å². The fourth-order valence-corrected chi connectivity index (χ4v) is 5.10. The molecule has 0 aliphatic rings. The molecule has 0 radical (unpaired) electrons. The van der Waals surface area contributed by atoms with E-state index in [0.29, 0.717) is 24.4 Å². The van der Waals surface area contributed by atoms with Crippen molar-refractivity contribution in [1.82, 2.24) is 9.88 Å². The van der Waals surface area contributed by atoms with Gasteiger partial charge in [-0.2, -0.15) is 0 Å². The van der Waals surface area contributed by atoms with Gasteiger partial charge in [0, 0.05) is 46.3 Å². The second-order valence-electron chi connectivity index (χ2n) is 8.99. The summed E-state index contributed by atoms with van der Waals surface area (Å²) in [4.78, 5) is 26.3. The van der Waals surface area contributed by atoms with Crippen LogP contribution in [0, 0.1) is 27.7 Å². The number of carbonyl (C=O) groups excluding carboxylic acids is 2. The molecule has 0 unspecified atom stereocenters. The Hall–Kier alpha value is -3.51. The maximum atomic E-state index is 12.6. The minimum atomic E-state index is -0.0639. The summed E-state index contributed by atoms with van der Waals surface area (Å²) in [7, 11) is 0. The van der Waals surface area contributed by atoms with Crippen LogP contribution in [-0.2, 0) is 11.3 Å². The molecule has 0 aliphatic carbocycles. The van der Waals surface area contributed by atoms with Gasteiger partial charge in [-0.25, -0.2) is 0 Å². The van der Waals surface area contributed by atoms with Gasteiger partial charge in [0.05, 0.1) is 5.75 Å². The van der Waals surface area contributed by atoms with Gasteiger partial charge in [-0.1, -0.05) is 47.5 Å². The maximum Gasteiger partial charge on any atom is 0.251 e. The zero-order valence-electron chi connectivity index (χ0n) is 20.6. The van der Waals surface area contributed by atoms with E-state index in [2.05, 4.69) is 39.6 Å².